The summed E-state index contributed by atoms with van der Waals surface area (Å²) >= 11 is 6.19. The lowest BCUT2D eigenvalue weighted by molar-refractivity contribution is 0.0792. The first-order valence-electron chi connectivity index (χ1n) is 9.36. The molecule has 3 aromatic rings. The van der Waals surface area contributed by atoms with Crippen LogP contribution in [0.4, 0.5) is 5.69 Å². The number of carbonyl (C=O) groups is 1. The molecule has 6 nitrogen and oxygen atoms in total. The fourth-order valence-electron chi connectivity index (χ4n) is 2.80. The van der Waals surface area contributed by atoms with Gasteiger partial charge in [-0.3, -0.25) is 4.79 Å². The molecule has 152 valence electrons. The minimum atomic E-state index is -0.197. The van der Waals surface area contributed by atoms with Crippen LogP contribution in [0.5, 0.6) is 5.75 Å². The second-order valence-electron chi connectivity index (χ2n) is 6.70. The predicted octanol–water partition coefficient (Wildman–Crippen LogP) is 4.98. The molecule has 0 radical (unpaired) electrons. The molecule has 0 atom stereocenters. The maximum Gasteiger partial charge on any atom is 0.255 e. The number of amides is 1. The summed E-state index contributed by atoms with van der Waals surface area (Å²) in [5.41, 5.74) is 4.12. The van der Waals surface area contributed by atoms with Gasteiger partial charge in [-0.2, -0.15) is 5.10 Å². The summed E-state index contributed by atoms with van der Waals surface area (Å²) in [6, 6.07) is 11.1. The van der Waals surface area contributed by atoms with E-state index in [0.29, 0.717) is 31.2 Å². The lowest BCUT2D eigenvalue weighted by Crippen LogP contribution is -2.11. The molecule has 0 spiro atoms. The summed E-state index contributed by atoms with van der Waals surface area (Å²) in [5.74, 6) is 0.577. The summed E-state index contributed by atoms with van der Waals surface area (Å²) in [7, 11) is 0. The highest BCUT2D eigenvalue weighted by atomic mass is 35.5. The van der Waals surface area contributed by atoms with Crippen molar-refractivity contribution in [3.63, 3.8) is 0 Å². The zero-order valence-electron chi connectivity index (χ0n) is 16.7. The Labute approximate surface area is 175 Å². The SMILES string of the molecule is CCOCn1cc(NC(=O)c2ccc(COc3cc(C)c(Cl)c(C)c3)cc2)cn1. The van der Waals surface area contributed by atoms with Crippen LogP contribution in [-0.2, 0) is 18.1 Å². The van der Waals surface area contributed by atoms with Crippen LogP contribution in [0.25, 0.3) is 0 Å². The van der Waals surface area contributed by atoms with Gasteiger partial charge in [0.25, 0.3) is 5.91 Å². The highest BCUT2D eigenvalue weighted by Gasteiger charge is 2.09. The van der Waals surface area contributed by atoms with Crippen molar-refractivity contribution in [2.75, 3.05) is 11.9 Å². The smallest absolute Gasteiger partial charge is 0.255 e. The molecule has 0 saturated heterocycles. The van der Waals surface area contributed by atoms with E-state index in [2.05, 4.69) is 10.4 Å². The fourth-order valence-corrected chi connectivity index (χ4v) is 2.90. The van der Waals surface area contributed by atoms with Crippen LogP contribution in [-0.4, -0.2) is 22.3 Å². The highest BCUT2D eigenvalue weighted by molar-refractivity contribution is 6.32. The molecule has 0 bridgehead atoms. The van der Waals surface area contributed by atoms with Crippen molar-refractivity contribution in [3.05, 3.63) is 76.1 Å². The Morgan fingerprint density at radius 2 is 1.86 bits per heavy atom. The molecular weight excluding hydrogens is 390 g/mol. The molecule has 3 rings (SSSR count). The Hall–Kier alpha value is -2.83. The van der Waals surface area contributed by atoms with Gasteiger partial charge in [0.05, 0.1) is 18.1 Å². The van der Waals surface area contributed by atoms with Gasteiger partial charge in [-0.05, 0) is 61.7 Å². The number of aromatic nitrogens is 2. The second kappa shape index (κ2) is 9.58. The van der Waals surface area contributed by atoms with Crippen LogP contribution in [0, 0.1) is 13.8 Å². The average molecular weight is 414 g/mol. The molecular formula is C22H24ClN3O3. The Kier molecular flexibility index (Phi) is 6.90. The van der Waals surface area contributed by atoms with E-state index in [0.717, 1.165) is 27.5 Å². The maximum atomic E-state index is 12.4. The Balaban J connectivity index is 1.56. The van der Waals surface area contributed by atoms with E-state index in [9.17, 15) is 4.79 Å². The number of carbonyl (C=O) groups excluding carboxylic acids is 1. The first-order valence-corrected chi connectivity index (χ1v) is 9.74. The number of hydrogen-bond acceptors (Lipinski definition) is 4. The largest absolute Gasteiger partial charge is 0.489 e. The van der Waals surface area contributed by atoms with Gasteiger partial charge in [0.2, 0.25) is 0 Å². The topological polar surface area (TPSA) is 65.4 Å². The third-order valence-corrected chi connectivity index (χ3v) is 4.95. The van der Waals surface area contributed by atoms with Gasteiger partial charge in [-0.1, -0.05) is 23.7 Å². The van der Waals surface area contributed by atoms with Gasteiger partial charge in [-0.15, -0.1) is 0 Å². The molecule has 2 aromatic carbocycles. The van der Waals surface area contributed by atoms with Crippen LogP contribution < -0.4 is 10.1 Å². The maximum absolute atomic E-state index is 12.4. The van der Waals surface area contributed by atoms with Crippen LogP contribution in [0.1, 0.15) is 34.0 Å². The first-order chi connectivity index (χ1) is 14.0. The van der Waals surface area contributed by atoms with Gasteiger partial charge in [-0.25, -0.2) is 4.68 Å². The van der Waals surface area contributed by atoms with Gasteiger partial charge in [0.1, 0.15) is 19.1 Å². The quantitative estimate of drug-likeness (QED) is 0.565. The highest BCUT2D eigenvalue weighted by Crippen LogP contribution is 2.26. The Morgan fingerprint density at radius 1 is 1.17 bits per heavy atom. The molecule has 1 aromatic heterocycles. The summed E-state index contributed by atoms with van der Waals surface area (Å²) in [6.07, 6.45) is 3.32. The number of nitrogens with one attached hydrogen (secondary N) is 1. The lowest BCUT2D eigenvalue weighted by atomic mass is 10.1. The molecule has 0 aliphatic carbocycles. The van der Waals surface area contributed by atoms with E-state index in [-0.39, 0.29) is 5.91 Å². The van der Waals surface area contributed by atoms with E-state index < -0.39 is 0 Å². The minimum Gasteiger partial charge on any atom is -0.489 e. The van der Waals surface area contributed by atoms with Crippen molar-refractivity contribution >= 4 is 23.2 Å². The molecule has 1 amide bonds. The number of anilines is 1. The number of ether oxygens (including phenoxy) is 2. The number of rotatable bonds is 8. The number of hydrogen-bond donors (Lipinski definition) is 1. The van der Waals surface area contributed by atoms with Crippen molar-refractivity contribution in [1.82, 2.24) is 9.78 Å². The lowest BCUT2D eigenvalue weighted by Gasteiger charge is -2.10. The van der Waals surface area contributed by atoms with Gasteiger partial charge in [0.15, 0.2) is 0 Å². The summed E-state index contributed by atoms with van der Waals surface area (Å²) in [5, 5.41) is 7.73. The number of aryl methyl sites for hydroxylation is 2. The molecule has 29 heavy (non-hydrogen) atoms. The zero-order valence-corrected chi connectivity index (χ0v) is 17.5. The van der Waals surface area contributed by atoms with E-state index in [1.165, 1.54) is 0 Å². The number of halogens is 1. The molecule has 0 saturated carbocycles. The van der Waals surface area contributed by atoms with E-state index in [4.69, 9.17) is 21.1 Å². The van der Waals surface area contributed by atoms with Crippen molar-refractivity contribution in [2.45, 2.75) is 34.1 Å². The first kappa shape index (κ1) is 20.9. The molecule has 0 aliphatic heterocycles. The van der Waals surface area contributed by atoms with Crippen LogP contribution in [0.15, 0.2) is 48.8 Å². The molecule has 7 heteroatoms. The van der Waals surface area contributed by atoms with E-state index >= 15 is 0 Å². The molecule has 0 aliphatic rings. The fraction of sp³-hybridized carbons (Fsp3) is 0.273. The molecule has 1 heterocycles. The van der Waals surface area contributed by atoms with Gasteiger partial charge < -0.3 is 14.8 Å². The molecule has 1 N–H and O–H groups in total. The van der Waals surface area contributed by atoms with Gasteiger partial charge >= 0.3 is 0 Å². The van der Waals surface area contributed by atoms with Crippen molar-refractivity contribution in [3.8, 4) is 5.75 Å². The van der Waals surface area contributed by atoms with Crippen molar-refractivity contribution < 1.29 is 14.3 Å². The summed E-state index contributed by atoms with van der Waals surface area (Å²) in [4.78, 5) is 12.4. The van der Waals surface area contributed by atoms with Gasteiger partial charge in [0, 0.05) is 17.2 Å². The predicted molar refractivity (Wildman–Crippen MR) is 114 cm³/mol. The second-order valence-corrected chi connectivity index (χ2v) is 7.08. The van der Waals surface area contributed by atoms with Crippen molar-refractivity contribution in [2.24, 2.45) is 0 Å². The summed E-state index contributed by atoms with van der Waals surface area (Å²) < 4.78 is 12.8. The van der Waals surface area contributed by atoms with Crippen molar-refractivity contribution in [1.29, 1.82) is 0 Å². The molecule has 0 fully saturated rings. The number of benzene rings is 2. The standard InChI is InChI=1S/C22H24ClN3O3/c1-4-28-14-26-12-19(11-24-26)25-22(27)18-7-5-17(6-8-18)13-29-20-9-15(2)21(23)16(3)10-20/h5-12H,4,13-14H2,1-3H3,(H,25,27). The van der Waals surface area contributed by atoms with E-state index in [1.807, 2.05) is 45.0 Å². The van der Waals surface area contributed by atoms with E-state index in [1.54, 1.807) is 29.2 Å². The summed E-state index contributed by atoms with van der Waals surface area (Å²) in [6.45, 7) is 7.19. The van der Waals surface area contributed by atoms with Crippen LogP contribution >= 0.6 is 11.6 Å². The van der Waals surface area contributed by atoms with Crippen LogP contribution in [0.3, 0.4) is 0 Å². The third kappa shape index (κ3) is 5.59. The minimum absolute atomic E-state index is 0.197. The van der Waals surface area contributed by atoms with Crippen LogP contribution in [0.2, 0.25) is 5.02 Å². The monoisotopic (exact) mass is 413 g/mol. The Bertz CT molecular complexity index is 960. The normalized spacial score (nSPS) is 10.8. The zero-order chi connectivity index (χ0) is 20.8. The third-order valence-electron chi connectivity index (χ3n) is 4.35. The average Bonchev–Trinajstić information content (AvgIpc) is 3.16. The number of nitrogens with zero attached hydrogens (tertiary/aromatic N) is 2. The Morgan fingerprint density at radius 3 is 2.52 bits per heavy atom. The molecule has 0 unspecified atom stereocenters.